The summed E-state index contributed by atoms with van der Waals surface area (Å²) >= 11 is 0. The zero-order chi connectivity index (χ0) is 13.5. The van der Waals surface area contributed by atoms with Crippen LogP contribution in [0.4, 0.5) is 5.82 Å². The summed E-state index contributed by atoms with van der Waals surface area (Å²) in [7, 11) is 0. The molecule has 0 spiro atoms. The zero-order valence-electron chi connectivity index (χ0n) is 10.4. The first-order chi connectivity index (χ1) is 8.56. The first kappa shape index (κ1) is 14.0. The van der Waals surface area contributed by atoms with Crippen LogP contribution in [0.15, 0.2) is 18.3 Å². The summed E-state index contributed by atoms with van der Waals surface area (Å²) in [6.07, 6.45) is 2.33. The van der Waals surface area contributed by atoms with Crippen molar-refractivity contribution in [3.8, 4) is 0 Å². The van der Waals surface area contributed by atoms with Gasteiger partial charge in [-0.1, -0.05) is 6.92 Å². The maximum Gasteiger partial charge on any atom is 0.339 e. The third-order valence-electron chi connectivity index (χ3n) is 2.33. The number of carbonyl (C=O) groups excluding carboxylic acids is 1. The van der Waals surface area contributed by atoms with Crippen LogP contribution < -0.4 is 10.6 Å². The second kappa shape index (κ2) is 6.58. The maximum absolute atomic E-state index is 11.6. The van der Waals surface area contributed by atoms with Gasteiger partial charge >= 0.3 is 5.97 Å². The van der Waals surface area contributed by atoms with E-state index in [0.29, 0.717) is 6.54 Å². The maximum atomic E-state index is 11.6. The second-order valence-corrected chi connectivity index (χ2v) is 3.86. The van der Waals surface area contributed by atoms with Crippen LogP contribution in [0.3, 0.4) is 0 Å². The Kier molecular flexibility index (Phi) is 5.10. The van der Waals surface area contributed by atoms with Gasteiger partial charge in [-0.05, 0) is 25.5 Å². The number of carboxylic acids is 1. The molecule has 18 heavy (non-hydrogen) atoms. The van der Waals surface area contributed by atoms with Crippen molar-refractivity contribution < 1.29 is 14.7 Å². The van der Waals surface area contributed by atoms with Gasteiger partial charge in [0.25, 0.3) is 0 Å². The Morgan fingerprint density at radius 3 is 2.83 bits per heavy atom. The molecule has 1 unspecified atom stereocenters. The summed E-state index contributed by atoms with van der Waals surface area (Å²) < 4.78 is 0. The van der Waals surface area contributed by atoms with Crippen LogP contribution in [0, 0.1) is 0 Å². The first-order valence-corrected chi connectivity index (χ1v) is 5.78. The molecule has 1 rings (SSSR count). The van der Waals surface area contributed by atoms with Crippen molar-refractivity contribution >= 4 is 17.7 Å². The van der Waals surface area contributed by atoms with E-state index in [1.807, 2.05) is 6.92 Å². The Labute approximate surface area is 105 Å². The standard InChI is InChI=1S/C12H17N3O3/c1-3-6-14-11(16)8(2)15-10-9(12(17)18)5-4-7-13-10/h4-5,7-8H,3,6H2,1-2H3,(H,13,15)(H,14,16)(H,17,18). The van der Waals surface area contributed by atoms with E-state index < -0.39 is 12.0 Å². The quantitative estimate of drug-likeness (QED) is 0.704. The number of nitrogens with zero attached hydrogens (tertiary/aromatic N) is 1. The van der Waals surface area contributed by atoms with Crippen LogP contribution in [0.1, 0.15) is 30.6 Å². The van der Waals surface area contributed by atoms with Gasteiger partial charge in [-0.3, -0.25) is 4.79 Å². The minimum Gasteiger partial charge on any atom is -0.478 e. The van der Waals surface area contributed by atoms with Gasteiger partial charge in [-0.25, -0.2) is 9.78 Å². The number of rotatable bonds is 6. The van der Waals surface area contributed by atoms with Crippen LogP contribution in [-0.4, -0.2) is 34.6 Å². The fourth-order valence-electron chi connectivity index (χ4n) is 1.36. The molecule has 1 heterocycles. The summed E-state index contributed by atoms with van der Waals surface area (Å²) in [6.45, 7) is 4.21. The highest BCUT2D eigenvalue weighted by atomic mass is 16.4. The summed E-state index contributed by atoms with van der Waals surface area (Å²) in [5, 5.41) is 14.5. The van der Waals surface area contributed by atoms with Gasteiger partial charge in [0.05, 0.1) is 0 Å². The van der Waals surface area contributed by atoms with Crippen molar-refractivity contribution in [3.05, 3.63) is 23.9 Å². The topological polar surface area (TPSA) is 91.3 Å². The number of hydrogen-bond donors (Lipinski definition) is 3. The normalized spacial score (nSPS) is 11.7. The number of amides is 1. The predicted molar refractivity (Wildman–Crippen MR) is 67.6 cm³/mol. The SMILES string of the molecule is CCCNC(=O)C(C)Nc1ncccc1C(=O)O. The molecule has 6 heteroatoms. The molecule has 0 aliphatic heterocycles. The molecule has 0 aromatic carbocycles. The zero-order valence-corrected chi connectivity index (χ0v) is 10.4. The molecule has 1 aromatic heterocycles. The second-order valence-electron chi connectivity index (χ2n) is 3.86. The number of anilines is 1. The highest BCUT2D eigenvalue weighted by Gasteiger charge is 2.16. The van der Waals surface area contributed by atoms with Crippen LogP contribution >= 0.6 is 0 Å². The van der Waals surface area contributed by atoms with Gasteiger partial charge in [-0.2, -0.15) is 0 Å². The Hall–Kier alpha value is -2.11. The minimum atomic E-state index is -1.08. The summed E-state index contributed by atoms with van der Waals surface area (Å²) in [6, 6.07) is 2.44. The molecule has 0 fully saturated rings. The molecule has 0 aliphatic carbocycles. The van der Waals surface area contributed by atoms with Crippen molar-refractivity contribution in [2.75, 3.05) is 11.9 Å². The molecular formula is C12H17N3O3. The molecule has 1 amide bonds. The van der Waals surface area contributed by atoms with E-state index in [0.717, 1.165) is 6.42 Å². The van der Waals surface area contributed by atoms with Gasteiger partial charge in [0, 0.05) is 12.7 Å². The van der Waals surface area contributed by atoms with E-state index >= 15 is 0 Å². The Morgan fingerprint density at radius 2 is 2.22 bits per heavy atom. The van der Waals surface area contributed by atoms with Crippen molar-refractivity contribution in [3.63, 3.8) is 0 Å². The number of aromatic nitrogens is 1. The molecule has 0 saturated carbocycles. The van der Waals surface area contributed by atoms with Crippen LogP contribution in [0.2, 0.25) is 0 Å². The van der Waals surface area contributed by atoms with Crippen LogP contribution in [0.25, 0.3) is 0 Å². The number of hydrogen-bond acceptors (Lipinski definition) is 4. The Bertz CT molecular complexity index is 434. The minimum absolute atomic E-state index is 0.0487. The number of aromatic carboxylic acids is 1. The molecule has 1 aromatic rings. The molecule has 3 N–H and O–H groups in total. The van der Waals surface area contributed by atoms with E-state index in [1.54, 1.807) is 6.92 Å². The molecular weight excluding hydrogens is 234 g/mol. The van der Waals surface area contributed by atoms with Gasteiger partial charge in [0.15, 0.2) is 0 Å². The molecule has 1 atom stereocenters. The summed E-state index contributed by atoms with van der Waals surface area (Å²) in [5.41, 5.74) is 0.0487. The van der Waals surface area contributed by atoms with E-state index in [9.17, 15) is 9.59 Å². The number of nitrogens with one attached hydrogen (secondary N) is 2. The van der Waals surface area contributed by atoms with E-state index in [-0.39, 0.29) is 17.3 Å². The van der Waals surface area contributed by atoms with Crippen LogP contribution in [0.5, 0.6) is 0 Å². The smallest absolute Gasteiger partial charge is 0.339 e. The summed E-state index contributed by atoms with van der Waals surface area (Å²) in [5.74, 6) is -1.06. The monoisotopic (exact) mass is 251 g/mol. The van der Waals surface area contributed by atoms with E-state index in [1.165, 1.54) is 18.3 Å². The largest absolute Gasteiger partial charge is 0.478 e. The van der Waals surface area contributed by atoms with Gasteiger partial charge < -0.3 is 15.7 Å². The molecule has 0 bridgehead atoms. The highest BCUT2D eigenvalue weighted by molar-refractivity contribution is 5.94. The number of carbonyl (C=O) groups is 2. The predicted octanol–water partition coefficient (Wildman–Crippen LogP) is 1.11. The Balaban J connectivity index is 2.72. The number of carboxylic acid groups (broad SMARTS) is 1. The lowest BCUT2D eigenvalue weighted by Crippen LogP contribution is -2.38. The molecule has 98 valence electrons. The highest BCUT2D eigenvalue weighted by Crippen LogP contribution is 2.12. The third kappa shape index (κ3) is 3.73. The van der Waals surface area contributed by atoms with E-state index in [4.69, 9.17) is 5.11 Å². The molecule has 6 nitrogen and oxygen atoms in total. The van der Waals surface area contributed by atoms with E-state index in [2.05, 4.69) is 15.6 Å². The lowest BCUT2D eigenvalue weighted by molar-refractivity contribution is -0.121. The van der Waals surface area contributed by atoms with Gasteiger partial charge in [0.1, 0.15) is 17.4 Å². The average Bonchev–Trinajstić information content (AvgIpc) is 2.36. The first-order valence-electron chi connectivity index (χ1n) is 5.78. The van der Waals surface area contributed by atoms with Gasteiger partial charge in [0.2, 0.25) is 5.91 Å². The number of pyridine rings is 1. The fraction of sp³-hybridized carbons (Fsp3) is 0.417. The molecule has 0 aliphatic rings. The lowest BCUT2D eigenvalue weighted by Gasteiger charge is -2.15. The van der Waals surface area contributed by atoms with Crippen molar-refractivity contribution in [1.29, 1.82) is 0 Å². The van der Waals surface area contributed by atoms with Gasteiger partial charge in [-0.15, -0.1) is 0 Å². The fourth-order valence-corrected chi connectivity index (χ4v) is 1.36. The summed E-state index contributed by atoms with van der Waals surface area (Å²) in [4.78, 5) is 26.5. The van der Waals surface area contributed by atoms with Crippen LogP contribution in [-0.2, 0) is 4.79 Å². The average molecular weight is 251 g/mol. The Morgan fingerprint density at radius 1 is 1.50 bits per heavy atom. The van der Waals surface area contributed by atoms with Crippen molar-refractivity contribution in [2.45, 2.75) is 26.3 Å². The lowest BCUT2D eigenvalue weighted by atomic mass is 10.2. The molecule has 0 radical (unpaired) electrons. The third-order valence-corrected chi connectivity index (χ3v) is 2.33. The van der Waals surface area contributed by atoms with Crippen molar-refractivity contribution in [1.82, 2.24) is 10.3 Å². The van der Waals surface area contributed by atoms with Crippen molar-refractivity contribution in [2.24, 2.45) is 0 Å². The molecule has 0 saturated heterocycles.